The Kier molecular flexibility index (Phi) is 4.73. The number of hydrogen-bond donors (Lipinski definition) is 0. The van der Waals surface area contributed by atoms with Crippen LogP contribution in [-0.2, 0) is 12.8 Å². The number of thioether (sulfide) groups is 1. The fourth-order valence-corrected chi connectivity index (χ4v) is 3.46. The van der Waals surface area contributed by atoms with Crippen LogP contribution in [0.15, 0.2) is 70.6 Å². The monoisotopic (exact) mass is 373 g/mol. The summed E-state index contributed by atoms with van der Waals surface area (Å²) >= 11 is 1.63. The Balaban J connectivity index is 1.53. The molecule has 0 N–H and O–H groups in total. The lowest BCUT2D eigenvalue weighted by Gasteiger charge is -2.03. The molecule has 2 aromatic carbocycles. The van der Waals surface area contributed by atoms with Crippen LogP contribution in [0.3, 0.4) is 0 Å². The standard InChI is InChI=1S/C20H15N5OS/c1-25-13-22-23-20(25)27-12-15-3-2-4-17(9-15)19-10-18(24-26-19)16-7-5-14(11-21)6-8-16/h2-10,13H,12H2,1H3. The van der Waals surface area contributed by atoms with E-state index in [1.165, 1.54) is 0 Å². The Morgan fingerprint density at radius 2 is 1.96 bits per heavy atom. The van der Waals surface area contributed by atoms with Crippen LogP contribution in [0.2, 0.25) is 0 Å². The molecule has 0 aliphatic heterocycles. The van der Waals surface area contributed by atoms with Gasteiger partial charge in [0.15, 0.2) is 10.9 Å². The summed E-state index contributed by atoms with van der Waals surface area (Å²) in [6, 6.07) is 19.5. The molecule has 0 atom stereocenters. The predicted octanol–water partition coefficient (Wildman–Crippen LogP) is 4.30. The predicted molar refractivity (Wildman–Crippen MR) is 103 cm³/mol. The normalized spacial score (nSPS) is 10.7. The fourth-order valence-electron chi connectivity index (χ4n) is 2.63. The van der Waals surface area contributed by atoms with Gasteiger partial charge in [0.2, 0.25) is 0 Å². The van der Waals surface area contributed by atoms with Crippen LogP contribution in [-0.4, -0.2) is 19.9 Å². The summed E-state index contributed by atoms with van der Waals surface area (Å²) < 4.78 is 7.44. The highest BCUT2D eigenvalue weighted by molar-refractivity contribution is 7.98. The number of rotatable bonds is 5. The van der Waals surface area contributed by atoms with E-state index in [0.717, 1.165) is 33.3 Å². The maximum absolute atomic E-state index is 8.90. The smallest absolute Gasteiger partial charge is 0.191 e. The first-order valence-corrected chi connectivity index (χ1v) is 9.25. The SMILES string of the molecule is Cn1cnnc1SCc1cccc(-c2cc(-c3ccc(C#N)cc3)no2)c1. The lowest BCUT2D eigenvalue weighted by molar-refractivity contribution is 0.435. The fraction of sp³-hybridized carbons (Fsp3) is 0.100. The number of hydrogen-bond acceptors (Lipinski definition) is 6. The van der Waals surface area contributed by atoms with Gasteiger partial charge in [0.1, 0.15) is 12.0 Å². The Morgan fingerprint density at radius 1 is 1.11 bits per heavy atom. The topological polar surface area (TPSA) is 80.5 Å². The zero-order valence-electron chi connectivity index (χ0n) is 14.5. The molecule has 0 aliphatic carbocycles. The van der Waals surface area contributed by atoms with Crippen LogP contribution in [0.1, 0.15) is 11.1 Å². The molecule has 132 valence electrons. The number of nitriles is 1. The van der Waals surface area contributed by atoms with Gasteiger partial charge in [-0.3, -0.25) is 0 Å². The summed E-state index contributed by atoms with van der Waals surface area (Å²) in [4.78, 5) is 0. The maximum atomic E-state index is 8.90. The molecule has 7 heteroatoms. The zero-order chi connectivity index (χ0) is 18.6. The molecule has 4 rings (SSSR count). The van der Waals surface area contributed by atoms with E-state index < -0.39 is 0 Å². The summed E-state index contributed by atoms with van der Waals surface area (Å²) in [5.74, 6) is 1.50. The van der Waals surface area contributed by atoms with Crippen molar-refractivity contribution in [3.05, 3.63) is 72.1 Å². The molecule has 0 amide bonds. The van der Waals surface area contributed by atoms with E-state index >= 15 is 0 Å². The maximum Gasteiger partial charge on any atom is 0.191 e. The largest absolute Gasteiger partial charge is 0.356 e. The Labute approximate surface area is 160 Å². The second kappa shape index (κ2) is 7.48. The molecule has 2 aromatic heterocycles. The Bertz CT molecular complexity index is 1110. The van der Waals surface area contributed by atoms with Crippen molar-refractivity contribution in [2.24, 2.45) is 7.05 Å². The summed E-state index contributed by atoms with van der Waals surface area (Å²) in [6.07, 6.45) is 1.69. The minimum Gasteiger partial charge on any atom is -0.356 e. The molecule has 0 unspecified atom stereocenters. The molecule has 2 heterocycles. The van der Waals surface area contributed by atoms with Gasteiger partial charge >= 0.3 is 0 Å². The van der Waals surface area contributed by atoms with Crippen molar-refractivity contribution < 1.29 is 4.52 Å². The molecular formula is C20H15N5OS. The number of aromatic nitrogens is 4. The molecule has 0 saturated heterocycles. The summed E-state index contributed by atoms with van der Waals surface area (Å²) in [6.45, 7) is 0. The van der Waals surface area contributed by atoms with E-state index in [0.29, 0.717) is 11.3 Å². The minimum absolute atomic E-state index is 0.621. The van der Waals surface area contributed by atoms with E-state index in [9.17, 15) is 0 Å². The Morgan fingerprint density at radius 3 is 2.70 bits per heavy atom. The molecule has 27 heavy (non-hydrogen) atoms. The minimum atomic E-state index is 0.621. The van der Waals surface area contributed by atoms with Crippen LogP contribution < -0.4 is 0 Å². The van der Waals surface area contributed by atoms with Crippen LogP contribution in [0.4, 0.5) is 0 Å². The quantitative estimate of drug-likeness (QED) is 0.485. The molecule has 0 bridgehead atoms. The van der Waals surface area contributed by atoms with Crippen molar-refractivity contribution in [3.63, 3.8) is 0 Å². The van der Waals surface area contributed by atoms with E-state index in [1.54, 1.807) is 30.2 Å². The first kappa shape index (κ1) is 17.1. The van der Waals surface area contributed by atoms with E-state index in [-0.39, 0.29) is 0 Å². The third kappa shape index (κ3) is 3.76. The summed E-state index contributed by atoms with van der Waals surface area (Å²) in [5.41, 5.74) is 4.41. The van der Waals surface area contributed by atoms with Crippen LogP contribution in [0, 0.1) is 11.3 Å². The Hall–Kier alpha value is -3.37. The first-order valence-electron chi connectivity index (χ1n) is 8.26. The van der Waals surface area contributed by atoms with Gasteiger partial charge in [-0.25, -0.2) is 0 Å². The molecule has 6 nitrogen and oxygen atoms in total. The van der Waals surface area contributed by atoms with Crippen LogP contribution in [0.5, 0.6) is 0 Å². The van der Waals surface area contributed by atoms with E-state index in [2.05, 4.69) is 33.6 Å². The summed E-state index contributed by atoms with van der Waals surface area (Å²) in [7, 11) is 1.93. The van der Waals surface area contributed by atoms with Crippen molar-refractivity contribution in [3.8, 4) is 28.7 Å². The molecule has 0 aliphatic rings. The van der Waals surface area contributed by atoms with Crippen molar-refractivity contribution in [2.75, 3.05) is 0 Å². The van der Waals surface area contributed by atoms with Crippen LogP contribution in [0.25, 0.3) is 22.6 Å². The summed E-state index contributed by atoms with van der Waals surface area (Å²) in [5, 5.41) is 21.9. The van der Waals surface area contributed by atoms with Gasteiger partial charge in [0.05, 0.1) is 11.6 Å². The first-order chi connectivity index (χ1) is 13.2. The second-order valence-corrected chi connectivity index (χ2v) is 6.92. The van der Waals surface area contributed by atoms with Gasteiger partial charge in [-0.2, -0.15) is 5.26 Å². The number of nitrogens with zero attached hydrogens (tertiary/aromatic N) is 5. The van der Waals surface area contributed by atoms with Gasteiger partial charge < -0.3 is 9.09 Å². The number of aryl methyl sites for hydroxylation is 1. The average molecular weight is 373 g/mol. The lowest BCUT2D eigenvalue weighted by atomic mass is 10.1. The molecular weight excluding hydrogens is 358 g/mol. The third-order valence-corrected chi connectivity index (χ3v) is 5.17. The van der Waals surface area contributed by atoms with Gasteiger partial charge in [-0.15, -0.1) is 10.2 Å². The van der Waals surface area contributed by atoms with Crippen molar-refractivity contribution in [1.82, 2.24) is 19.9 Å². The molecule has 0 radical (unpaired) electrons. The number of benzene rings is 2. The van der Waals surface area contributed by atoms with Gasteiger partial charge in [0.25, 0.3) is 0 Å². The third-order valence-electron chi connectivity index (χ3n) is 4.07. The highest BCUT2D eigenvalue weighted by Crippen LogP contribution is 2.28. The second-order valence-electron chi connectivity index (χ2n) is 5.98. The molecule has 0 saturated carbocycles. The highest BCUT2D eigenvalue weighted by atomic mass is 32.2. The highest BCUT2D eigenvalue weighted by Gasteiger charge is 2.10. The van der Waals surface area contributed by atoms with Crippen LogP contribution >= 0.6 is 11.8 Å². The molecule has 4 aromatic rings. The van der Waals surface area contributed by atoms with E-state index in [4.69, 9.17) is 9.78 Å². The van der Waals surface area contributed by atoms with Crippen molar-refractivity contribution in [2.45, 2.75) is 10.9 Å². The van der Waals surface area contributed by atoms with Gasteiger partial charge in [-0.1, -0.05) is 47.3 Å². The van der Waals surface area contributed by atoms with Crippen molar-refractivity contribution in [1.29, 1.82) is 5.26 Å². The van der Waals surface area contributed by atoms with Crippen molar-refractivity contribution >= 4 is 11.8 Å². The van der Waals surface area contributed by atoms with Gasteiger partial charge in [0, 0.05) is 30.0 Å². The molecule has 0 fully saturated rings. The zero-order valence-corrected chi connectivity index (χ0v) is 15.3. The van der Waals surface area contributed by atoms with Gasteiger partial charge in [-0.05, 0) is 23.8 Å². The van der Waals surface area contributed by atoms with E-state index in [1.807, 2.05) is 41.9 Å². The molecule has 0 spiro atoms. The lowest BCUT2D eigenvalue weighted by Crippen LogP contribution is -1.90. The average Bonchev–Trinajstić information content (AvgIpc) is 3.36.